The van der Waals surface area contributed by atoms with Crippen molar-refractivity contribution in [1.82, 2.24) is 20.6 Å². The Balaban J connectivity index is 1.75. The highest BCUT2D eigenvalue weighted by atomic mass is 35.5. The summed E-state index contributed by atoms with van der Waals surface area (Å²) >= 11 is 6.03. The number of hydrogen-bond acceptors (Lipinski definition) is 3. The van der Waals surface area contributed by atoms with Crippen LogP contribution in [0.1, 0.15) is 23.4 Å². The summed E-state index contributed by atoms with van der Waals surface area (Å²) in [5.41, 5.74) is 7.42. The van der Waals surface area contributed by atoms with Gasteiger partial charge in [-0.1, -0.05) is 29.8 Å². The van der Waals surface area contributed by atoms with Gasteiger partial charge in [-0.3, -0.25) is 25.1 Å². The first-order chi connectivity index (χ1) is 11.0. The Labute approximate surface area is 139 Å². The molecule has 0 aliphatic carbocycles. The monoisotopic (exact) mass is 334 g/mol. The van der Waals surface area contributed by atoms with Crippen LogP contribution in [-0.2, 0) is 22.6 Å². The molecule has 0 fully saturated rings. The van der Waals surface area contributed by atoms with E-state index in [-0.39, 0.29) is 24.8 Å². The van der Waals surface area contributed by atoms with E-state index in [0.717, 1.165) is 17.0 Å². The van der Waals surface area contributed by atoms with Crippen molar-refractivity contribution in [3.05, 3.63) is 52.3 Å². The SMILES string of the molecule is Cc1cc(C)n(CC(=O)NNC(=O)CCc2ccccc2Cl)n1. The van der Waals surface area contributed by atoms with Crippen molar-refractivity contribution in [2.75, 3.05) is 0 Å². The summed E-state index contributed by atoms with van der Waals surface area (Å²) in [6.07, 6.45) is 0.753. The van der Waals surface area contributed by atoms with Crippen LogP contribution < -0.4 is 10.9 Å². The number of aryl methyl sites for hydroxylation is 3. The largest absolute Gasteiger partial charge is 0.273 e. The first-order valence-electron chi connectivity index (χ1n) is 7.28. The summed E-state index contributed by atoms with van der Waals surface area (Å²) in [6.45, 7) is 3.79. The summed E-state index contributed by atoms with van der Waals surface area (Å²) in [4.78, 5) is 23.6. The predicted octanol–water partition coefficient (Wildman–Crippen LogP) is 1.93. The molecule has 0 radical (unpaired) electrons. The van der Waals surface area contributed by atoms with Crippen molar-refractivity contribution >= 4 is 23.4 Å². The topological polar surface area (TPSA) is 76.0 Å². The fraction of sp³-hybridized carbons (Fsp3) is 0.312. The lowest BCUT2D eigenvalue weighted by atomic mass is 10.1. The summed E-state index contributed by atoms with van der Waals surface area (Å²) in [7, 11) is 0. The number of carbonyl (C=O) groups is 2. The van der Waals surface area contributed by atoms with Gasteiger partial charge >= 0.3 is 0 Å². The third kappa shape index (κ3) is 5.10. The highest BCUT2D eigenvalue weighted by Crippen LogP contribution is 2.16. The van der Waals surface area contributed by atoms with Gasteiger partial charge in [0.25, 0.3) is 5.91 Å². The van der Waals surface area contributed by atoms with Crippen LogP contribution in [0.15, 0.2) is 30.3 Å². The molecular weight excluding hydrogens is 316 g/mol. The zero-order valence-electron chi connectivity index (χ0n) is 13.1. The number of nitrogens with zero attached hydrogens (tertiary/aromatic N) is 2. The molecule has 0 unspecified atom stereocenters. The molecular formula is C16H19ClN4O2. The van der Waals surface area contributed by atoms with Crippen LogP contribution in [-0.4, -0.2) is 21.6 Å². The standard InChI is InChI=1S/C16H19ClN4O2/c1-11-9-12(2)21(20-11)10-16(23)19-18-15(22)8-7-13-5-3-4-6-14(13)17/h3-6,9H,7-8,10H2,1-2H3,(H,18,22)(H,19,23). The minimum atomic E-state index is -0.331. The number of aromatic nitrogens is 2. The third-order valence-corrected chi connectivity index (χ3v) is 3.69. The average Bonchev–Trinajstić information content (AvgIpc) is 2.82. The van der Waals surface area contributed by atoms with Gasteiger partial charge in [0.2, 0.25) is 5.91 Å². The van der Waals surface area contributed by atoms with E-state index in [0.29, 0.717) is 11.4 Å². The summed E-state index contributed by atoms with van der Waals surface area (Å²) in [6, 6.07) is 9.25. The summed E-state index contributed by atoms with van der Waals surface area (Å²) < 4.78 is 1.58. The van der Waals surface area contributed by atoms with Gasteiger partial charge in [0, 0.05) is 17.1 Å². The quantitative estimate of drug-likeness (QED) is 0.820. The Morgan fingerprint density at radius 3 is 2.52 bits per heavy atom. The zero-order valence-corrected chi connectivity index (χ0v) is 13.9. The van der Waals surface area contributed by atoms with Crippen LogP contribution in [0.3, 0.4) is 0 Å². The third-order valence-electron chi connectivity index (χ3n) is 3.32. The van der Waals surface area contributed by atoms with E-state index in [1.54, 1.807) is 10.7 Å². The van der Waals surface area contributed by atoms with Crippen molar-refractivity contribution in [3.8, 4) is 0 Å². The molecule has 23 heavy (non-hydrogen) atoms. The molecule has 2 N–H and O–H groups in total. The molecule has 0 saturated carbocycles. The predicted molar refractivity (Wildman–Crippen MR) is 87.8 cm³/mol. The normalized spacial score (nSPS) is 10.4. The highest BCUT2D eigenvalue weighted by Gasteiger charge is 2.09. The van der Waals surface area contributed by atoms with Gasteiger partial charge in [0.05, 0.1) is 5.69 Å². The second kappa shape index (κ2) is 7.78. The molecule has 2 aromatic rings. The van der Waals surface area contributed by atoms with Gasteiger partial charge in [-0.15, -0.1) is 0 Å². The fourth-order valence-corrected chi connectivity index (χ4v) is 2.39. The number of nitrogens with one attached hydrogen (secondary N) is 2. The van der Waals surface area contributed by atoms with Crippen molar-refractivity contribution < 1.29 is 9.59 Å². The second-order valence-electron chi connectivity index (χ2n) is 5.27. The van der Waals surface area contributed by atoms with E-state index in [4.69, 9.17) is 11.6 Å². The molecule has 0 bridgehead atoms. The van der Waals surface area contributed by atoms with E-state index in [2.05, 4.69) is 16.0 Å². The number of rotatable bonds is 5. The van der Waals surface area contributed by atoms with Crippen molar-refractivity contribution in [2.45, 2.75) is 33.2 Å². The molecule has 122 valence electrons. The Hall–Kier alpha value is -2.34. The Morgan fingerprint density at radius 2 is 1.87 bits per heavy atom. The number of benzene rings is 1. The molecule has 0 aliphatic rings. The Morgan fingerprint density at radius 1 is 1.17 bits per heavy atom. The van der Waals surface area contributed by atoms with Crippen molar-refractivity contribution in [1.29, 1.82) is 0 Å². The summed E-state index contributed by atoms with van der Waals surface area (Å²) in [5, 5.41) is 4.82. The number of hydrazine groups is 1. The van der Waals surface area contributed by atoms with Gasteiger partial charge in [-0.25, -0.2) is 0 Å². The maximum Gasteiger partial charge on any atom is 0.260 e. The molecule has 1 heterocycles. The first kappa shape index (κ1) is 17.0. The number of hydrogen-bond donors (Lipinski definition) is 2. The lowest BCUT2D eigenvalue weighted by molar-refractivity contribution is -0.129. The van der Waals surface area contributed by atoms with Gasteiger partial charge in [0.1, 0.15) is 6.54 Å². The molecule has 0 atom stereocenters. The number of amides is 2. The molecule has 1 aromatic carbocycles. The minimum Gasteiger partial charge on any atom is -0.273 e. The fourth-order valence-electron chi connectivity index (χ4n) is 2.16. The van der Waals surface area contributed by atoms with Gasteiger partial charge in [-0.05, 0) is 38.0 Å². The van der Waals surface area contributed by atoms with Crippen LogP contribution in [0.4, 0.5) is 0 Å². The van der Waals surface area contributed by atoms with Gasteiger partial charge in [0.15, 0.2) is 0 Å². The van der Waals surface area contributed by atoms with Crippen LogP contribution in [0.2, 0.25) is 5.02 Å². The van der Waals surface area contributed by atoms with Crippen LogP contribution >= 0.6 is 11.6 Å². The van der Waals surface area contributed by atoms with Gasteiger partial charge in [-0.2, -0.15) is 5.10 Å². The molecule has 1 aromatic heterocycles. The Bertz CT molecular complexity index is 712. The lowest BCUT2D eigenvalue weighted by Gasteiger charge is -2.09. The smallest absolute Gasteiger partial charge is 0.260 e. The minimum absolute atomic E-state index is 0.0600. The maximum absolute atomic E-state index is 11.8. The molecule has 0 spiro atoms. The van der Waals surface area contributed by atoms with Crippen LogP contribution in [0.5, 0.6) is 0 Å². The van der Waals surface area contributed by atoms with E-state index in [9.17, 15) is 9.59 Å². The number of halogens is 1. The molecule has 2 amide bonds. The molecule has 2 rings (SSSR count). The number of carbonyl (C=O) groups excluding carboxylic acids is 2. The van der Waals surface area contributed by atoms with Crippen LogP contribution in [0, 0.1) is 13.8 Å². The summed E-state index contributed by atoms with van der Waals surface area (Å²) in [5.74, 6) is -0.603. The van der Waals surface area contributed by atoms with E-state index < -0.39 is 0 Å². The zero-order chi connectivity index (χ0) is 16.8. The van der Waals surface area contributed by atoms with E-state index >= 15 is 0 Å². The molecule has 0 saturated heterocycles. The van der Waals surface area contributed by atoms with Gasteiger partial charge < -0.3 is 0 Å². The Kier molecular flexibility index (Phi) is 5.76. The highest BCUT2D eigenvalue weighted by molar-refractivity contribution is 6.31. The van der Waals surface area contributed by atoms with Crippen molar-refractivity contribution in [3.63, 3.8) is 0 Å². The molecule has 6 nitrogen and oxygen atoms in total. The van der Waals surface area contributed by atoms with Crippen LogP contribution in [0.25, 0.3) is 0 Å². The lowest BCUT2D eigenvalue weighted by Crippen LogP contribution is -2.43. The molecule has 7 heteroatoms. The van der Waals surface area contributed by atoms with Crippen molar-refractivity contribution in [2.24, 2.45) is 0 Å². The second-order valence-corrected chi connectivity index (χ2v) is 5.68. The average molecular weight is 335 g/mol. The first-order valence-corrected chi connectivity index (χ1v) is 7.65. The maximum atomic E-state index is 11.8. The van der Waals surface area contributed by atoms with E-state index in [1.165, 1.54) is 0 Å². The molecule has 0 aliphatic heterocycles. The van der Waals surface area contributed by atoms with E-state index in [1.807, 2.05) is 38.1 Å².